The molecule has 1 aliphatic carbocycles. The first-order chi connectivity index (χ1) is 13.8. The Kier molecular flexibility index (Phi) is 4.10. The van der Waals surface area contributed by atoms with Crippen LogP contribution in [0.15, 0.2) is 97.1 Å². The largest absolute Gasteiger partial charge is 0.352 e. The van der Waals surface area contributed by atoms with Gasteiger partial charge in [0.2, 0.25) is 0 Å². The van der Waals surface area contributed by atoms with Gasteiger partial charge in [0.05, 0.1) is 12.6 Å². The van der Waals surface area contributed by atoms with Crippen LogP contribution in [0.2, 0.25) is 0 Å². The summed E-state index contributed by atoms with van der Waals surface area (Å²) < 4.78 is 6.37. The predicted molar refractivity (Wildman–Crippen MR) is 108 cm³/mol. The molecule has 0 saturated carbocycles. The van der Waals surface area contributed by atoms with Gasteiger partial charge in [-0.3, -0.25) is 4.79 Å². The molecular weight excluding hydrogens is 346 g/mol. The summed E-state index contributed by atoms with van der Waals surface area (Å²) in [4.78, 5) is 15.6. The smallest absolute Gasteiger partial charge is 0.264 e. The molecular formula is C25H21NO2. The van der Waals surface area contributed by atoms with Crippen molar-refractivity contribution in [2.24, 2.45) is 0 Å². The average molecular weight is 367 g/mol. The zero-order chi connectivity index (χ0) is 19.0. The minimum absolute atomic E-state index is 0.0125. The molecule has 3 nitrogen and oxygen atoms in total. The third-order valence-corrected chi connectivity index (χ3v) is 5.61. The molecule has 2 bridgehead atoms. The van der Waals surface area contributed by atoms with Crippen molar-refractivity contribution < 1.29 is 9.53 Å². The summed E-state index contributed by atoms with van der Waals surface area (Å²) in [5.74, 6) is 0.0125. The number of hydrogen-bond acceptors (Lipinski definition) is 2. The van der Waals surface area contributed by atoms with Crippen LogP contribution in [0.25, 0.3) is 0 Å². The van der Waals surface area contributed by atoms with Crippen molar-refractivity contribution >= 4 is 5.91 Å². The summed E-state index contributed by atoms with van der Waals surface area (Å²) in [5, 5.41) is 0. The van der Waals surface area contributed by atoms with E-state index in [1.165, 1.54) is 0 Å². The van der Waals surface area contributed by atoms with Crippen LogP contribution in [0.5, 0.6) is 0 Å². The zero-order valence-electron chi connectivity index (χ0n) is 15.5. The Morgan fingerprint density at radius 2 is 1.46 bits per heavy atom. The summed E-state index contributed by atoms with van der Waals surface area (Å²) in [7, 11) is 0. The topological polar surface area (TPSA) is 29.5 Å². The fraction of sp³-hybridized carbons (Fsp3) is 0.160. The first-order valence-electron chi connectivity index (χ1n) is 9.59. The number of fused-ring (bicyclic) bond motifs is 1. The van der Waals surface area contributed by atoms with Gasteiger partial charge in [-0.15, -0.1) is 0 Å². The summed E-state index contributed by atoms with van der Waals surface area (Å²) in [6.07, 6.45) is 4.06. The Morgan fingerprint density at radius 3 is 2.21 bits per heavy atom. The molecule has 0 fully saturated rings. The molecule has 1 amide bonds. The summed E-state index contributed by atoms with van der Waals surface area (Å²) in [5.41, 5.74) is 3.22. The molecule has 28 heavy (non-hydrogen) atoms. The van der Waals surface area contributed by atoms with E-state index in [0.717, 1.165) is 22.3 Å². The van der Waals surface area contributed by atoms with E-state index >= 15 is 0 Å². The van der Waals surface area contributed by atoms with E-state index < -0.39 is 5.60 Å². The van der Waals surface area contributed by atoms with Crippen molar-refractivity contribution in [3.63, 3.8) is 0 Å². The molecule has 2 heterocycles. The molecule has 0 spiro atoms. The van der Waals surface area contributed by atoms with Gasteiger partial charge in [-0.1, -0.05) is 91.0 Å². The van der Waals surface area contributed by atoms with E-state index in [4.69, 9.17) is 4.74 Å². The molecule has 3 aliphatic rings. The molecule has 3 heteroatoms. The number of benzene rings is 3. The minimum atomic E-state index is -1.06. The second-order valence-corrected chi connectivity index (χ2v) is 7.32. The highest BCUT2D eigenvalue weighted by atomic mass is 16.5. The van der Waals surface area contributed by atoms with Crippen LogP contribution in [0.4, 0.5) is 0 Å². The van der Waals surface area contributed by atoms with E-state index in [-0.39, 0.29) is 11.9 Å². The van der Waals surface area contributed by atoms with Crippen LogP contribution in [0, 0.1) is 0 Å². The number of carbonyl (C=O) groups is 1. The molecule has 138 valence electrons. The lowest BCUT2D eigenvalue weighted by atomic mass is 9.75. The van der Waals surface area contributed by atoms with E-state index in [1.54, 1.807) is 0 Å². The standard InChI is InChI=1S/C25H21NO2/c27-24-25(28-18-20-11-5-2-6-12-20)16-15-23(21-13-7-8-14-22(21)25)26(24)17-19-9-3-1-4-10-19/h1-16,23H,17-18H2. The Labute approximate surface area is 164 Å². The van der Waals surface area contributed by atoms with Gasteiger partial charge in [0.1, 0.15) is 0 Å². The van der Waals surface area contributed by atoms with E-state index in [9.17, 15) is 4.79 Å². The molecule has 0 aromatic heterocycles. The number of nitrogens with zero attached hydrogens (tertiary/aromatic N) is 1. The highest BCUT2D eigenvalue weighted by molar-refractivity contribution is 5.93. The zero-order valence-corrected chi connectivity index (χ0v) is 15.5. The van der Waals surface area contributed by atoms with Crippen LogP contribution >= 0.6 is 0 Å². The van der Waals surface area contributed by atoms with Gasteiger partial charge in [-0.25, -0.2) is 0 Å². The molecule has 6 rings (SSSR count). The maximum atomic E-state index is 13.6. The lowest BCUT2D eigenvalue weighted by molar-refractivity contribution is -0.163. The lowest BCUT2D eigenvalue weighted by Crippen LogP contribution is -2.55. The van der Waals surface area contributed by atoms with Crippen LogP contribution in [-0.4, -0.2) is 10.8 Å². The Morgan fingerprint density at radius 1 is 0.821 bits per heavy atom. The highest BCUT2D eigenvalue weighted by Crippen LogP contribution is 2.48. The monoisotopic (exact) mass is 367 g/mol. The maximum absolute atomic E-state index is 13.6. The summed E-state index contributed by atoms with van der Waals surface area (Å²) >= 11 is 0. The van der Waals surface area contributed by atoms with Gasteiger partial charge in [0.25, 0.3) is 5.91 Å². The van der Waals surface area contributed by atoms with Gasteiger partial charge in [0, 0.05) is 12.1 Å². The summed E-state index contributed by atoms with van der Waals surface area (Å²) in [6, 6.07) is 28.2. The first-order valence-corrected chi connectivity index (χ1v) is 9.59. The average Bonchev–Trinajstić information content (AvgIpc) is 2.77. The third kappa shape index (κ3) is 2.67. The fourth-order valence-corrected chi connectivity index (χ4v) is 4.22. The van der Waals surface area contributed by atoms with Crippen molar-refractivity contribution in [2.45, 2.75) is 24.8 Å². The molecule has 2 aliphatic heterocycles. The molecule has 2 atom stereocenters. The van der Waals surface area contributed by atoms with Crippen molar-refractivity contribution in [1.29, 1.82) is 0 Å². The van der Waals surface area contributed by atoms with Crippen LogP contribution in [0.1, 0.15) is 28.3 Å². The van der Waals surface area contributed by atoms with Crippen LogP contribution < -0.4 is 0 Å². The van der Waals surface area contributed by atoms with Gasteiger partial charge >= 0.3 is 0 Å². The van der Waals surface area contributed by atoms with Gasteiger partial charge in [0.15, 0.2) is 5.60 Å². The van der Waals surface area contributed by atoms with Gasteiger partial charge in [-0.2, -0.15) is 0 Å². The fourth-order valence-electron chi connectivity index (χ4n) is 4.22. The second-order valence-electron chi connectivity index (χ2n) is 7.32. The summed E-state index contributed by atoms with van der Waals surface area (Å²) in [6.45, 7) is 0.953. The Hall–Kier alpha value is -3.17. The lowest BCUT2D eigenvalue weighted by Gasteiger charge is -2.48. The number of amides is 1. The Balaban J connectivity index is 1.53. The third-order valence-electron chi connectivity index (χ3n) is 5.61. The second kappa shape index (κ2) is 6.77. The highest BCUT2D eigenvalue weighted by Gasteiger charge is 2.52. The van der Waals surface area contributed by atoms with Crippen molar-refractivity contribution in [2.75, 3.05) is 0 Å². The normalized spacial score (nSPS) is 22.4. The van der Waals surface area contributed by atoms with Gasteiger partial charge < -0.3 is 9.64 Å². The van der Waals surface area contributed by atoms with Crippen LogP contribution in [0.3, 0.4) is 0 Å². The van der Waals surface area contributed by atoms with E-state index in [2.05, 4.69) is 24.3 Å². The molecule has 3 aromatic carbocycles. The Bertz CT molecular complexity index is 1030. The number of rotatable bonds is 5. The number of ether oxygens (including phenoxy) is 1. The molecule has 0 saturated heterocycles. The SMILES string of the molecule is O=C1N(Cc2ccccc2)C2C=CC1(OCc1ccccc1)c1ccccc12. The van der Waals surface area contributed by atoms with E-state index in [0.29, 0.717) is 13.2 Å². The van der Waals surface area contributed by atoms with Crippen LogP contribution in [-0.2, 0) is 28.3 Å². The number of carbonyl (C=O) groups excluding carboxylic acids is 1. The maximum Gasteiger partial charge on any atom is 0.264 e. The molecule has 0 radical (unpaired) electrons. The van der Waals surface area contributed by atoms with Crippen molar-refractivity contribution in [1.82, 2.24) is 4.90 Å². The number of hydrogen-bond donors (Lipinski definition) is 0. The van der Waals surface area contributed by atoms with Gasteiger partial charge in [-0.05, 0) is 22.8 Å². The van der Waals surface area contributed by atoms with Crippen molar-refractivity contribution in [3.05, 3.63) is 119 Å². The minimum Gasteiger partial charge on any atom is -0.352 e. The van der Waals surface area contributed by atoms with Crippen molar-refractivity contribution in [3.8, 4) is 0 Å². The molecule has 2 unspecified atom stereocenters. The first kappa shape index (κ1) is 17.0. The quantitative estimate of drug-likeness (QED) is 0.609. The predicted octanol–water partition coefficient (Wildman–Crippen LogP) is 4.75. The van der Waals surface area contributed by atoms with E-state index in [1.807, 2.05) is 77.7 Å². The molecule has 3 aromatic rings. The molecule has 0 N–H and O–H groups in total.